The third kappa shape index (κ3) is 5.26. The Bertz CT molecular complexity index is 1350. The van der Waals surface area contributed by atoms with Crippen molar-refractivity contribution in [1.82, 2.24) is 4.90 Å². The topological polar surface area (TPSA) is 85.3 Å². The molecule has 7 nitrogen and oxygen atoms in total. The van der Waals surface area contributed by atoms with Gasteiger partial charge in [-0.15, -0.1) is 0 Å². The SMILES string of the molecule is COc1cc(C2C(=C(O)c3ccc(Cl)cc3)C(=O)C(=O)N2CC2CCCO2)ccc1OCc1ccccc1. The maximum Gasteiger partial charge on any atom is 0.295 e. The van der Waals surface area contributed by atoms with Crippen LogP contribution in [0.4, 0.5) is 0 Å². The second kappa shape index (κ2) is 11.3. The molecule has 0 spiro atoms. The highest BCUT2D eigenvalue weighted by molar-refractivity contribution is 6.46. The minimum absolute atomic E-state index is 0.00956. The number of likely N-dealkylation sites (tertiary alicyclic amines) is 1. The Hall–Kier alpha value is -3.81. The van der Waals surface area contributed by atoms with Gasteiger partial charge in [-0.2, -0.15) is 0 Å². The molecule has 0 saturated carbocycles. The van der Waals surface area contributed by atoms with Crippen LogP contribution in [0.5, 0.6) is 11.5 Å². The van der Waals surface area contributed by atoms with Gasteiger partial charge in [0.1, 0.15) is 12.4 Å². The number of benzene rings is 3. The summed E-state index contributed by atoms with van der Waals surface area (Å²) in [6.07, 6.45) is 1.51. The predicted molar refractivity (Wildman–Crippen MR) is 143 cm³/mol. The number of ketones is 1. The summed E-state index contributed by atoms with van der Waals surface area (Å²) < 4.78 is 17.4. The van der Waals surface area contributed by atoms with Crippen LogP contribution in [0.2, 0.25) is 5.02 Å². The van der Waals surface area contributed by atoms with Gasteiger partial charge in [0.15, 0.2) is 11.5 Å². The lowest BCUT2D eigenvalue weighted by Gasteiger charge is -2.28. The Labute approximate surface area is 226 Å². The lowest BCUT2D eigenvalue weighted by Crippen LogP contribution is -2.36. The zero-order chi connectivity index (χ0) is 26.6. The van der Waals surface area contributed by atoms with Gasteiger partial charge in [-0.1, -0.05) is 48.0 Å². The molecular weight excluding hydrogens is 506 g/mol. The van der Waals surface area contributed by atoms with Crippen molar-refractivity contribution in [3.05, 3.63) is 100 Å². The van der Waals surface area contributed by atoms with Crippen molar-refractivity contribution in [2.24, 2.45) is 0 Å². The van der Waals surface area contributed by atoms with Gasteiger partial charge in [-0.05, 0) is 60.4 Å². The summed E-state index contributed by atoms with van der Waals surface area (Å²) in [4.78, 5) is 28.0. The number of Topliss-reactive ketones (excluding diaryl/α,β-unsaturated/α-hetero) is 1. The number of methoxy groups -OCH3 is 1. The smallest absolute Gasteiger partial charge is 0.295 e. The van der Waals surface area contributed by atoms with E-state index in [0.29, 0.717) is 40.9 Å². The van der Waals surface area contributed by atoms with Gasteiger partial charge < -0.3 is 24.2 Å². The molecule has 1 amide bonds. The average molecular weight is 534 g/mol. The van der Waals surface area contributed by atoms with Crippen molar-refractivity contribution < 1.29 is 28.9 Å². The molecule has 2 heterocycles. The average Bonchev–Trinajstić information content (AvgIpc) is 3.55. The zero-order valence-corrected chi connectivity index (χ0v) is 21.7. The van der Waals surface area contributed by atoms with Gasteiger partial charge in [-0.3, -0.25) is 9.59 Å². The van der Waals surface area contributed by atoms with Crippen LogP contribution in [-0.2, 0) is 20.9 Å². The number of aliphatic hydroxyl groups excluding tert-OH is 1. The first-order valence-electron chi connectivity index (χ1n) is 12.5. The highest BCUT2D eigenvalue weighted by atomic mass is 35.5. The maximum absolute atomic E-state index is 13.3. The van der Waals surface area contributed by atoms with E-state index in [4.69, 9.17) is 25.8 Å². The number of carbonyl (C=O) groups is 2. The Balaban J connectivity index is 1.54. The molecule has 0 radical (unpaired) electrons. The van der Waals surface area contributed by atoms with Gasteiger partial charge in [-0.25, -0.2) is 0 Å². The largest absolute Gasteiger partial charge is 0.507 e. The molecule has 38 heavy (non-hydrogen) atoms. The molecule has 0 aliphatic carbocycles. The molecule has 3 aromatic rings. The highest BCUT2D eigenvalue weighted by Crippen LogP contribution is 2.42. The van der Waals surface area contributed by atoms with Crippen LogP contribution in [0.1, 0.15) is 35.6 Å². The third-order valence-corrected chi connectivity index (χ3v) is 7.07. The van der Waals surface area contributed by atoms with Gasteiger partial charge in [0, 0.05) is 23.7 Å². The molecule has 1 N–H and O–H groups in total. The molecule has 2 saturated heterocycles. The van der Waals surface area contributed by atoms with Crippen molar-refractivity contribution >= 4 is 29.1 Å². The fourth-order valence-corrected chi connectivity index (χ4v) is 5.02. The minimum Gasteiger partial charge on any atom is -0.507 e. The van der Waals surface area contributed by atoms with Crippen molar-refractivity contribution in [3.63, 3.8) is 0 Å². The first-order chi connectivity index (χ1) is 18.5. The highest BCUT2D eigenvalue weighted by Gasteiger charge is 2.47. The number of hydrogen-bond donors (Lipinski definition) is 1. The number of carbonyl (C=O) groups excluding carboxylic acids is 2. The van der Waals surface area contributed by atoms with E-state index in [9.17, 15) is 14.7 Å². The summed E-state index contributed by atoms with van der Waals surface area (Å²) in [7, 11) is 1.53. The summed E-state index contributed by atoms with van der Waals surface area (Å²) in [6.45, 7) is 1.21. The number of amides is 1. The summed E-state index contributed by atoms with van der Waals surface area (Å²) >= 11 is 6.02. The number of aliphatic hydroxyl groups is 1. The van der Waals surface area contributed by atoms with Gasteiger partial charge in [0.2, 0.25) is 0 Å². The molecule has 0 aromatic heterocycles. The van der Waals surface area contributed by atoms with Crippen molar-refractivity contribution in [3.8, 4) is 11.5 Å². The third-order valence-electron chi connectivity index (χ3n) is 6.82. The number of hydrogen-bond acceptors (Lipinski definition) is 6. The Kier molecular flexibility index (Phi) is 7.67. The maximum atomic E-state index is 13.3. The zero-order valence-electron chi connectivity index (χ0n) is 20.9. The van der Waals surface area contributed by atoms with Gasteiger partial charge >= 0.3 is 0 Å². The van der Waals surface area contributed by atoms with Crippen LogP contribution in [0.3, 0.4) is 0 Å². The van der Waals surface area contributed by atoms with E-state index in [1.165, 1.54) is 12.0 Å². The quantitative estimate of drug-likeness (QED) is 0.233. The molecule has 5 rings (SSSR count). The van der Waals surface area contributed by atoms with E-state index in [1.807, 2.05) is 30.3 Å². The molecule has 2 unspecified atom stereocenters. The Morgan fingerprint density at radius 1 is 1.05 bits per heavy atom. The second-order valence-corrected chi connectivity index (χ2v) is 9.71. The lowest BCUT2D eigenvalue weighted by atomic mass is 9.95. The summed E-state index contributed by atoms with van der Waals surface area (Å²) in [5.74, 6) is -0.710. The second-order valence-electron chi connectivity index (χ2n) is 9.28. The molecular formula is C30H28ClNO6. The van der Waals surface area contributed by atoms with E-state index < -0.39 is 17.7 Å². The minimum atomic E-state index is -0.827. The van der Waals surface area contributed by atoms with Crippen LogP contribution in [-0.4, -0.2) is 48.1 Å². The van der Waals surface area contributed by atoms with Gasteiger partial charge in [0.05, 0.1) is 24.8 Å². The molecule has 2 atom stereocenters. The van der Waals surface area contributed by atoms with Crippen LogP contribution < -0.4 is 9.47 Å². The number of nitrogens with zero attached hydrogens (tertiary/aromatic N) is 1. The molecule has 2 aliphatic heterocycles. The van der Waals surface area contributed by atoms with Crippen molar-refractivity contribution in [2.45, 2.75) is 31.6 Å². The Morgan fingerprint density at radius 3 is 2.50 bits per heavy atom. The van der Waals surface area contributed by atoms with Crippen LogP contribution in [0, 0.1) is 0 Å². The van der Waals surface area contributed by atoms with Crippen LogP contribution >= 0.6 is 11.6 Å². The van der Waals surface area contributed by atoms with E-state index in [-0.39, 0.29) is 24.0 Å². The van der Waals surface area contributed by atoms with Crippen LogP contribution in [0.25, 0.3) is 5.76 Å². The van der Waals surface area contributed by atoms with E-state index in [2.05, 4.69) is 0 Å². The first kappa shape index (κ1) is 25.8. The monoisotopic (exact) mass is 533 g/mol. The van der Waals surface area contributed by atoms with Crippen molar-refractivity contribution in [2.75, 3.05) is 20.3 Å². The molecule has 8 heteroatoms. The number of halogens is 1. The molecule has 196 valence electrons. The summed E-state index contributed by atoms with van der Waals surface area (Å²) in [6, 6.07) is 20.7. The molecule has 2 fully saturated rings. The van der Waals surface area contributed by atoms with Crippen LogP contribution in [0.15, 0.2) is 78.4 Å². The van der Waals surface area contributed by atoms with Crippen molar-refractivity contribution in [1.29, 1.82) is 0 Å². The molecule has 0 bridgehead atoms. The lowest BCUT2D eigenvalue weighted by molar-refractivity contribution is -0.140. The number of rotatable bonds is 8. The molecule has 2 aliphatic rings. The molecule has 3 aromatic carbocycles. The summed E-state index contributed by atoms with van der Waals surface area (Å²) in [5, 5.41) is 11.7. The predicted octanol–water partition coefficient (Wildman–Crippen LogP) is 5.53. The summed E-state index contributed by atoms with van der Waals surface area (Å²) in [5.41, 5.74) is 2.02. The van der Waals surface area contributed by atoms with E-state index >= 15 is 0 Å². The first-order valence-corrected chi connectivity index (χ1v) is 12.8. The fraction of sp³-hybridized carbons (Fsp3) is 0.267. The number of ether oxygens (including phenoxy) is 3. The standard InChI is InChI=1S/C30H28ClNO6/c1-36-25-16-21(11-14-24(25)38-18-19-6-3-2-4-7-19)27-26(28(33)20-9-12-22(31)13-10-20)29(34)30(35)32(27)17-23-8-5-15-37-23/h2-4,6-7,9-14,16,23,27,33H,5,8,15,17-18H2,1H3. The fourth-order valence-electron chi connectivity index (χ4n) is 4.89. The van der Waals surface area contributed by atoms with Gasteiger partial charge in [0.25, 0.3) is 11.7 Å². The normalized spacial score (nSPS) is 20.6. The van der Waals surface area contributed by atoms with E-state index in [0.717, 1.165) is 18.4 Å². The van der Waals surface area contributed by atoms with E-state index in [1.54, 1.807) is 42.5 Å². The Morgan fingerprint density at radius 2 is 1.82 bits per heavy atom.